The van der Waals surface area contributed by atoms with E-state index in [1.165, 1.54) is 24.3 Å². The van der Waals surface area contributed by atoms with Crippen molar-refractivity contribution in [1.82, 2.24) is 14.3 Å². The zero-order valence-corrected chi connectivity index (χ0v) is 14.5. The van der Waals surface area contributed by atoms with Gasteiger partial charge in [-0.2, -0.15) is 13.2 Å². The lowest BCUT2D eigenvalue weighted by molar-refractivity contribution is -0.136. The van der Waals surface area contributed by atoms with Crippen molar-refractivity contribution in [2.24, 2.45) is 0 Å². The van der Waals surface area contributed by atoms with Crippen molar-refractivity contribution in [1.29, 1.82) is 0 Å². The molecule has 0 aliphatic carbocycles. The van der Waals surface area contributed by atoms with E-state index >= 15 is 0 Å². The third-order valence-corrected chi connectivity index (χ3v) is 4.97. The predicted octanol–water partition coefficient (Wildman–Crippen LogP) is 3.26. The molecule has 0 radical (unpaired) electrons. The molecule has 1 amide bonds. The molecule has 0 unspecified atom stereocenters. The van der Waals surface area contributed by atoms with E-state index in [1.54, 1.807) is 4.72 Å². The lowest BCUT2D eigenvalue weighted by Crippen LogP contribution is -2.31. The zero-order valence-electron chi connectivity index (χ0n) is 12.2. The summed E-state index contributed by atoms with van der Waals surface area (Å²) in [7, 11) is -4.21. The number of halogens is 5. The number of amides is 1. The summed E-state index contributed by atoms with van der Waals surface area (Å²) < 4.78 is 63.5. The summed E-state index contributed by atoms with van der Waals surface area (Å²) in [5.74, 6) is -1.16. The number of nitrogens with one attached hydrogen (secondary N) is 1. The summed E-state index contributed by atoms with van der Waals surface area (Å²) in [6.07, 6.45) is -4.65. The van der Waals surface area contributed by atoms with Crippen LogP contribution in [0.15, 0.2) is 35.5 Å². The van der Waals surface area contributed by atoms with E-state index in [9.17, 15) is 26.4 Å². The van der Waals surface area contributed by atoms with Crippen molar-refractivity contribution < 1.29 is 26.4 Å². The van der Waals surface area contributed by atoms with Crippen LogP contribution in [0.5, 0.6) is 0 Å². The molecule has 0 aliphatic heterocycles. The van der Waals surface area contributed by atoms with E-state index in [0.717, 1.165) is 10.9 Å². The number of aromatic nitrogens is 2. The van der Waals surface area contributed by atoms with E-state index in [0.29, 0.717) is 5.02 Å². The molecule has 0 aliphatic rings. The molecule has 1 heterocycles. The molecule has 25 heavy (non-hydrogen) atoms. The van der Waals surface area contributed by atoms with Crippen LogP contribution in [0.2, 0.25) is 10.2 Å². The number of carbonyl (C=O) groups is 1. The normalized spacial score (nSPS) is 12.2. The van der Waals surface area contributed by atoms with Gasteiger partial charge in [0, 0.05) is 11.6 Å². The fraction of sp³-hybridized carbons (Fsp3) is 0.231. The van der Waals surface area contributed by atoms with Crippen LogP contribution in [0.4, 0.5) is 13.2 Å². The topological polar surface area (TPSA) is 81.1 Å². The molecule has 0 spiro atoms. The quantitative estimate of drug-likeness (QED) is 0.812. The van der Waals surface area contributed by atoms with Gasteiger partial charge >= 0.3 is 6.18 Å². The van der Waals surface area contributed by atoms with Crippen molar-refractivity contribution >= 4 is 39.1 Å². The number of carbonyl (C=O) groups excluding carboxylic acids is 1. The van der Waals surface area contributed by atoms with Gasteiger partial charge in [-0.3, -0.25) is 4.79 Å². The molecule has 1 aromatic carbocycles. The van der Waals surface area contributed by atoms with Crippen LogP contribution in [0.1, 0.15) is 16.9 Å². The molecule has 1 N–H and O–H groups in total. The smallest absolute Gasteiger partial charge is 0.321 e. The van der Waals surface area contributed by atoms with Crippen LogP contribution in [-0.4, -0.2) is 30.1 Å². The number of sulfonamides is 1. The molecule has 0 saturated carbocycles. The Morgan fingerprint density at radius 2 is 1.80 bits per heavy atom. The first-order valence-corrected chi connectivity index (χ1v) is 8.83. The minimum Gasteiger partial charge on any atom is -0.321 e. The van der Waals surface area contributed by atoms with Gasteiger partial charge in [-0.25, -0.2) is 18.1 Å². The summed E-state index contributed by atoms with van der Waals surface area (Å²) in [5, 5.41) is -0.0928. The monoisotopic (exact) mass is 415 g/mol. The van der Waals surface area contributed by atoms with E-state index in [4.69, 9.17) is 23.2 Å². The van der Waals surface area contributed by atoms with Crippen LogP contribution in [0.3, 0.4) is 0 Å². The number of hydrogen-bond acceptors (Lipinski definition) is 4. The van der Waals surface area contributed by atoms with Gasteiger partial charge in [0.1, 0.15) is 5.15 Å². The Balaban J connectivity index is 2.16. The fourth-order valence-corrected chi connectivity index (χ4v) is 3.11. The van der Waals surface area contributed by atoms with Gasteiger partial charge in [-0.1, -0.05) is 23.2 Å². The van der Waals surface area contributed by atoms with Crippen molar-refractivity contribution in [3.8, 4) is 0 Å². The van der Waals surface area contributed by atoms with Gasteiger partial charge in [-0.15, -0.1) is 0 Å². The molecule has 2 rings (SSSR count). The maximum Gasteiger partial charge on any atom is 0.390 e. The van der Waals surface area contributed by atoms with Gasteiger partial charge in [0.2, 0.25) is 0 Å². The molecule has 0 saturated heterocycles. The summed E-state index contributed by atoms with van der Waals surface area (Å²) >= 11 is 11.5. The number of aryl methyl sites for hydroxylation is 1. The number of imidazole rings is 1. The molecule has 1 aromatic heterocycles. The molecule has 0 fully saturated rings. The Hall–Kier alpha value is -1.78. The maximum absolute atomic E-state index is 12.2. The molecule has 0 atom stereocenters. The SMILES string of the molecule is O=C(NS(=O)(=O)c1ccc(Cl)cc1)c1ncn(CCC(F)(F)F)c1Cl. The lowest BCUT2D eigenvalue weighted by atomic mass is 10.4. The molecular weight excluding hydrogens is 406 g/mol. The zero-order chi connectivity index (χ0) is 18.8. The maximum atomic E-state index is 12.2. The van der Waals surface area contributed by atoms with Crippen LogP contribution >= 0.6 is 23.2 Å². The number of rotatable bonds is 5. The first-order chi connectivity index (χ1) is 11.5. The lowest BCUT2D eigenvalue weighted by Gasteiger charge is -2.08. The second kappa shape index (κ2) is 7.22. The largest absolute Gasteiger partial charge is 0.390 e. The Kier molecular flexibility index (Phi) is 5.65. The number of hydrogen-bond donors (Lipinski definition) is 1. The van der Waals surface area contributed by atoms with Crippen LogP contribution in [-0.2, 0) is 16.6 Å². The predicted molar refractivity (Wildman–Crippen MR) is 84.0 cm³/mol. The molecular formula is C13H10Cl2F3N3O3S. The third-order valence-electron chi connectivity index (χ3n) is 2.98. The van der Waals surface area contributed by atoms with Crippen LogP contribution < -0.4 is 4.72 Å². The Morgan fingerprint density at radius 3 is 2.36 bits per heavy atom. The highest BCUT2D eigenvalue weighted by Gasteiger charge is 2.28. The van der Waals surface area contributed by atoms with Crippen molar-refractivity contribution in [2.45, 2.75) is 24.0 Å². The van der Waals surface area contributed by atoms with Gasteiger partial charge in [0.25, 0.3) is 15.9 Å². The van der Waals surface area contributed by atoms with Gasteiger partial charge in [0.05, 0.1) is 17.6 Å². The standard InChI is InChI=1S/C13H10Cl2F3N3O3S/c14-8-1-3-9(4-2-8)25(23,24)20-12(22)10-11(15)21(7-19-10)6-5-13(16,17)18/h1-4,7H,5-6H2,(H,20,22). The fourth-order valence-electron chi connectivity index (χ4n) is 1.77. The Bertz CT molecular complexity index is 880. The average Bonchev–Trinajstić information content (AvgIpc) is 2.85. The number of alkyl halides is 3. The van der Waals surface area contributed by atoms with Crippen molar-refractivity contribution in [3.05, 3.63) is 46.5 Å². The first kappa shape index (κ1) is 19.5. The minimum atomic E-state index is -4.41. The number of nitrogens with zero attached hydrogens (tertiary/aromatic N) is 2. The Morgan fingerprint density at radius 1 is 1.20 bits per heavy atom. The first-order valence-electron chi connectivity index (χ1n) is 6.60. The van der Waals surface area contributed by atoms with E-state index < -0.39 is 45.9 Å². The van der Waals surface area contributed by atoms with Gasteiger partial charge in [0.15, 0.2) is 5.69 Å². The molecule has 0 bridgehead atoms. The van der Waals surface area contributed by atoms with Gasteiger partial charge < -0.3 is 4.57 Å². The molecule has 6 nitrogen and oxygen atoms in total. The van der Waals surface area contributed by atoms with Crippen molar-refractivity contribution in [2.75, 3.05) is 0 Å². The van der Waals surface area contributed by atoms with E-state index in [2.05, 4.69) is 4.98 Å². The van der Waals surface area contributed by atoms with Crippen LogP contribution in [0.25, 0.3) is 0 Å². The third kappa shape index (κ3) is 5.10. The highest BCUT2D eigenvalue weighted by atomic mass is 35.5. The Labute approximate surface area is 150 Å². The molecule has 136 valence electrons. The summed E-state index contributed by atoms with van der Waals surface area (Å²) in [4.78, 5) is 15.4. The van der Waals surface area contributed by atoms with E-state index in [-0.39, 0.29) is 4.90 Å². The van der Waals surface area contributed by atoms with E-state index in [1.807, 2.05) is 0 Å². The summed E-state index contributed by atoms with van der Waals surface area (Å²) in [6, 6.07) is 5.00. The number of benzene rings is 1. The van der Waals surface area contributed by atoms with Crippen LogP contribution in [0, 0.1) is 0 Å². The second-order valence-electron chi connectivity index (χ2n) is 4.83. The van der Waals surface area contributed by atoms with Crippen molar-refractivity contribution in [3.63, 3.8) is 0 Å². The summed E-state index contributed by atoms with van der Waals surface area (Å²) in [5.41, 5.74) is -0.499. The molecule has 2 aromatic rings. The summed E-state index contributed by atoms with van der Waals surface area (Å²) in [6.45, 7) is -0.549. The minimum absolute atomic E-state index is 0.224. The second-order valence-corrected chi connectivity index (χ2v) is 7.31. The highest BCUT2D eigenvalue weighted by molar-refractivity contribution is 7.90. The average molecular weight is 416 g/mol. The van der Waals surface area contributed by atoms with Gasteiger partial charge in [-0.05, 0) is 24.3 Å². The molecule has 12 heteroatoms. The highest BCUT2D eigenvalue weighted by Crippen LogP contribution is 2.23.